The van der Waals surface area contributed by atoms with E-state index < -0.39 is 0 Å². The number of rotatable bonds is 3. The van der Waals surface area contributed by atoms with Crippen LogP contribution >= 0.6 is 0 Å². The lowest BCUT2D eigenvalue weighted by molar-refractivity contribution is 0.139. The number of hydrogen-bond donors (Lipinski definition) is 1. The van der Waals surface area contributed by atoms with Gasteiger partial charge < -0.3 is 15.4 Å². The van der Waals surface area contributed by atoms with Crippen molar-refractivity contribution < 1.29 is 4.74 Å². The molecule has 1 fully saturated rings. The van der Waals surface area contributed by atoms with Crippen molar-refractivity contribution in [3.63, 3.8) is 0 Å². The summed E-state index contributed by atoms with van der Waals surface area (Å²) in [7, 11) is 2.17. The first-order valence-corrected chi connectivity index (χ1v) is 6.77. The molecule has 1 aromatic rings. The lowest BCUT2D eigenvalue weighted by Crippen LogP contribution is -2.52. The van der Waals surface area contributed by atoms with Crippen molar-refractivity contribution in [2.45, 2.75) is 31.7 Å². The molecule has 0 radical (unpaired) electrons. The lowest BCUT2D eigenvalue weighted by atomic mass is 9.88. The van der Waals surface area contributed by atoms with Crippen LogP contribution < -0.4 is 10.6 Å². The van der Waals surface area contributed by atoms with Crippen molar-refractivity contribution in [1.29, 1.82) is 0 Å². The summed E-state index contributed by atoms with van der Waals surface area (Å²) in [5.41, 5.74) is 8.73. The van der Waals surface area contributed by atoms with Gasteiger partial charge in [-0.2, -0.15) is 0 Å². The van der Waals surface area contributed by atoms with Crippen LogP contribution in [0.3, 0.4) is 0 Å². The molecule has 1 unspecified atom stereocenters. The van der Waals surface area contributed by atoms with Crippen LogP contribution in [0.5, 0.6) is 0 Å². The largest absolute Gasteiger partial charge is 0.381 e. The average molecular weight is 248 g/mol. The summed E-state index contributed by atoms with van der Waals surface area (Å²) in [4.78, 5) is 2.37. The number of nitrogens with zero attached hydrogens (tertiary/aromatic N) is 1. The fourth-order valence-corrected chi connectivity index (χ4v) is 2.86. The minimum Gasteiger partial charge on any atom is -0.381 e. The van der Waals surface area contributed by atoms with Gasteiger partial charge in [-0.15, -0.1) is 0 Å². The Morgan fingerprint density at radius 1 is 1.28 bits per heavy atom. The van der Waals surface area contributed by atoms with E-state index in [2.05, 4.69) is 43.1 Å². The summed E-state index contributed by atoms with van der Waals surface area (Å²) >= 11 is 0. The number of hydrogen-bond acceptors (Lipinski definition) is 3. The molecule has 0 aliphatic carbocycles. The molecule has 100 valence electrons. The van der Waals surface area contributed by atoms with Crippen LogP contribution in [0.25, 0.3) is 0 Å². The molecule has 1 atom stereocenters. The molecule has 1 aromatic carbocycles. The fraction of sp³-hybridized carbons (Fsp3) is 0.600. The van der Waals surface area contributed by atoms with Gasteiger partial charge in [-0.3, -0.25) is 0 Å². The van der Waals surface area contributed by atoms with E-state index in [1.54, 1.807) is 0 Å². The third-order valence-corrected chi connectivity index (χ3v) is 4.21. The highest BCUT2D eigenvalue weighted by molar-refractivity contribution is 5.54. The standard InChI is InChI=1S/C15H24N2O/c1-13-6-3-4-7-14(13)17(2)15(12-16)8-5-10-18-11-9-15/h3-4,6-7H,5,8-12,16H2,1-2H3. The summed E-state index contributed by atoms with van der Waals surface area (Å²) in [6, 6.07) is 8.51. The Labute approximate surface area is 110 Å². The number of anilines is 1. The molecular weight excluding hydrogens is 224 g/mol. The maximum Gasteiger partial charge on any atom is 0.0543 e. The summed E-state index contributed by atoms with van der Waals surface area (Å²) in [6.07, 6.45) is 3.20. The number of ether oxygens (including phenoxy) is 1. The molecule has 0 bridgehead atoms. The van der Waals surface area contributed by atoms with E-state index in [9.17, 15) is 0 Å². The van der Waals surface area contributed by atoms with Gasteiger partial charge in [-0.25, -0.2) is 0 Å². The van der Waals surface area contributed by atoms with Gasteiger partial charge in [-0.05, 0) is 37.8 Å². The summed E-state index contributed by atoms with van der Waals surface area (Å²) in [6.45, 7) is 4.52. The number of nitrogens with two attached hydrogens (primary N) is 1. The van der Waals surface area contributed by atoms with E-state index in [1.807, 2.05) is 0 Å². The van der Waals surface area contributed by atoms with Crippen LogP contribution in [0.4, 0.5) is 5.69 Å². The number of para-hydroxylation sites is 1. The average Bonchev–Trinajstić information content (AvgIpc) is 2.65. The lowest BCUT2D eigenvalue weighted by Gasteiger charge is -2.42. The summed E-state index contributed by atoms with van der Waals surface area (Å²) in [5.74, 6) is 0. The Hall–Kier alpha value is -1.06. The SMILES string of the molecule is Cc1ccccc1N(C)C1(CN)CCCOCC1. The second-order valence-electron chi connectivity index (χ2n) is 5.24. The Morgan fingerprint density at radius 2 is 2.06 bits per heavy atom. The van der Waals surface area contributed by atoms with Gasteiger partial charge in [0.25, 0.3) is 0 Å². The number of benzene rings is 1. The second kappa shape index (κ2) is 5.72. The quantitative estimate of drug-likeness (QED) is 0.892. The monoisotopic (exact) mass is 248 g/mol. The zero-order valence-electron chi connectivity index (χ0n) is 11.5. The molecule has 1 saturated heterocycles. The Morgan fingerprint density at radius 3 is 2.78 bits per heavy atom. The van der Waals surface area contributed by atoms with Gasteiger partial charge in [0.1, 0.15) is 0 Å². The first-order chi connectivity index (χ1) is 8.69. The summed E-state index contributed by atoms with van der Waals surface area (Å²) in [5, 5.41) is 0. The van der Waals surface area contributed by atoms with Crippen LogP contribution in [0.1, 0.15) is 24.8 Å². The molecule has 1 heterocycles. The number of aryl methyl sites for hydroxylation is 1. The molecule has 0 saturated carbocycles. The Bertz CT molecular complexity index is 384. The van der Waals surface area contributed by atoms with E-state index >= 15 is 0 Å². The van der Waals surface area contributed by atoms with Crippen LogP contribution in [0.2, 0.25) is 0 Å². The van der Waals surface area contributed by atoms with E-state index in [0.717, 1.165) is 32.5 Å². The zero-order valence-corrected chi connectivity index (χ0v) is 11.5. The molecule has 0 amide bonds. The van der Waals surface area contributed by atoms with Gasteiger partial charge in [0.05, 0.1) is 5.54 Å². The maximum absolute atomic E-state index is 6.10. The molecule has 3 heteroatoms. The highest BCUT2D eigenvalue weighted by Gasteiger charge is 2.34. The van der Waals surface area contributed by atoms with Crippen LogP contribution in [-0.4, -0.2) is 32.3 Å². The first-order valence-electron chi connectivity index (χ1n) is 6.77. The van der Waals surface area contributed by atoms with Crippen molar-refractivity contribution in [2.75, 3.05) is 31.7 Å². The molecule has 3 nitrogen and oxygen atoms in total. The fourth-order valence-electron chi connectivity index (χ4n) is 2.86. The van der Waals surface area contributed by atoms with Crippen molar-refractivity contribution in [2.24, 2.45) is 5.73 Å². The zero-order chi connectivity index (χ0) is 13.0. The van der Waals surface area contributed by atoms with Crippen LogP contribution in [0.15, 0.2) is 24.3 Å². The first kappa shape index (κ1) is 13.4. The van der Waals surface area contributed by atoms with Crippen LogP contribution in [0, 0.1) is 6.92 Å². The Kier molecular flexibility index (Phi) is 4.25. The van der Waals surface area contributed by atoms with Crippen molar-refractivity contribution in [3.8, 4) is 0 Å². The molecular formula is C15H24N2O. The summed E-state index contributed by atoms with van der Waals surface area (Å²) < 4.78 is 5.59. The third kappa shape index (κ3) is 2.52. The smallest absolute Gasteiger partial charge is 0.0543 e. The predicted octanol–water partition coefficient (Wildman–Crippen LogP) is 2.33. The van der Waals surface area contributed by atoms with E-state index in [4.69, 9.17) is 10.5 Å². The van der Waals surface area contributed by atoms with Gasteiger partial charge in [0, 0.05) is 32.5 Å². The molecule has 0 spiro atoms. The van der Waals surface area contributed by atoms with Gasteiger partial charge >= 0.3 is 0 Å². The van der Waals surface area contributed by atoms with Crippen LogP contribution in [-0.2, 0) is 4.74 Å². The molecule has 1 aliphatic heterocycles. The van der Waals surface area contributed by atoms with Gasteiger partial charge in [0.2, 0.25) is 0 Å². The highest BCUT2D eigenvalue weighted by Crippen LogP contribution is 2.32. The van der Waals surface area contributed by atoms with E-state index in [-0.39, 0.29) is 5.54 Å². The molecule has 2 rings (SSSR count). The van der Waals surface area contributed by atoms with Crippen molar-refractivity contribution >= 4 is 5.69 Å². The molecule has 0 aromatic heterocycles. The maximum atomic E-state index is 6.10. The molecule has 18 heavy (non-hydrogen) atoms. The van der Waals surface area contributed by atoms with Gasteiger partial charge in [-0.1, -0.05) is 18.2 Å². The Balaban J connectivity index is 2.28. The molecule has 2 N–H and O–H groups in total. The highest BCUT2D eigenvalue weighted by atomic mass is 16.5. The second-order valence-corrected chi connectivity index (χ2v) is 5.24. The van der Waals surface area contributed by atoms with E-state index in [0.29, 0.717) is 6.54 Å². The van der Waals surface area contributed by atoms with Gasteiger partial charge in [0.15, 0.2) is 0 Å². The minimum absolute atomic E-state index is 0.0443. The van der Waals surface area contributed by atoms with Crippen molar-refractivity contribution in [3.05, 3.63) is 29.8 Å². The third-order valence-electron chi connectivity index (χ3n) is 4.21. The normalized spacial score (nSPS) is 24.6. The topological polar surface area (TPSA) is 38.5 Å². The predicted molar refractivity (Wildman–Crippen MR) is 76.0 cm³/mol. The minimum atomic E-state index is 0.0443. The molecule has 1 aliphatic rings. The number of likely N-dealkylation sites (N-methyl/N-ethyl adjacent to an activating group) is 1. The van der Waals surface area contributed by atoms with E-state index in [1.165, 1.54) is 11.3 Å². The van der Waals surface area contributed by atoms with Crippen molar-refractivity contribution in [1.82, 2.24) is 0 Å².